The lowest BCUT2D eigenvalue weighted by molar-refractivity contribution is -0.113. The van der Waals surface area contributed by atoms with Crippen LogP contribution >= 0.6 is 0 Å². The monoisotopic (exact) mass is 488 g/mol. The maximum atomic E-state index is 13.1. The zero-order chi connectivity index (χ0) is 25.9. The number of hydrogen-bond donors (Lipinski definition) is 3. The van der Waals surface area contributed by atoms with Gasteiger partial charge in [0.2, 0.25) is 0 Å². The van der Waals surface area contributed by atoms with Gasteiger partial charge in [-0.25, -0.2) is 4.79 Å². The van der Waals surface area contributed by atoms with E-state index in [1.165, 1.54) is 24.3 Å². The molecule has 0 fully saturated rings. The van der Waals surface area contributed by atoms with Crippen LogP contribution in [0.1, 0.15) is 46.0 Å². The van der Waals surface area contributed by atoms with E-state index in [4.69, 9.17) is 14.6 Å². The maximum Gasteiger partial charge on any atom is 0.335 e. The van der Waals surface area contributed by atoms with Gasteiger partial charge in [-0.3, -0.25) is 9.59 Å². The minimum absolute atomic E-state index is 0.00995. The highest BCUT2D eigenvalue weighted by Gasteiger charge is 2.16. The molecule has 3 rings (SSSR count). The average molecular weight is 489 g/mol. The van der Waals surface area contributed by atoms with Crippen molar-refractivity contribution in [1.29, 1.82) is 0 Å². The van der Waals surface area contributed by atoms with E-state index in [-0.39, 0.29) is 11.3 Å². The summed E-state index contributed by atoms with van der Waals surface area (Å²) in [5.74, 6) is -0.784. The summed E-state index contributed by atoms with van der Waals surface area (Å²) < 4.78 is 10.8. The zero-order valence-corrected chi connectivity index (χ0v) is 20.1. The Labute approximate surface area is 209 Å². The molecule has 36 heavy (non-hydrogen) atoms. The van der Waals surface area contributed by atoms with Crippen LogP contribution in [0.25, 0.3) is 6.08 Å². The summed E-state index contributed by atoms with van der Waals surface area (Å²) in [5.41, 5.74) is 1.51. The predicted molar refractivity (Wildman–Crippen MR) is 137 cm³/mol. The molecule has 0 radical (unpaired) electrons. The Balaban J connectivity index is 1.80. The standard InChI is InChI=1S/C28H28N2O6/c1-3-4-17-36-24-15-9-20(10-16-24)26(31)30-25(18-19-5-13-23(35-2)14-6-19)27(32)29-22-11-7-21(8-12-22)28(33)34/h5-16,18H,3-4,17H2,1-2H3,(H,29,32)(H,30,31)(H,33,34). The topological polar surface area (TPSA) is 114 Å². The number of carbonyl (C=O) groups is 3. The molecule has 0 unspecified atom stereocenters. The van der Waals surface area contributed by atoms with E-state index in [1.54, 1.807) is 61.7 Å². The van der Waals surface area contributed by atoms with Gasteiger partial charge in [0.25, 0.3) is 11.8 Å². The first-order chi connectivity index (χ1) is 17.4. The van der Waals surface area contributed by atoms with Crippen LogP contribution in [-0.4, -0.2) is 36.6 Å². The van der Waals surface area contributed by atoms with Crippen molar-refractivity contribution < 1.29 is 29.0 Å². The number of carbonyl (C=O) groups excluding carboxylic acids is 2. The zero-order valence-electron chi connectivity index (χ0n) is 20.1. The number of methoxy groups -OCH3 is 1. The van der Waals surface area contributed by atoms with E-state index in [0.29, 0.717) is 34.9 Å². The van der Waals surface area contributed by atoms with Crippen molar-refractivity contribution in [3.63, 3.8) is 0 Å². The van der Waals surface area contributed by atoms with Crippen LogP contribution in [0.5, 0.6) is 11.5 Å². The largest absolute Gasteiger partial charge is 0.497 e. The fourth-order valence-electron chi connectivity index (χ4n) is 3.15. The van der Waals surface area contributed by atoms with E-state index < -0.39 is 17.8 Å². The number of anilines is 1. The molecule has 0 saturated heterocycles. The number of carboxylic acids is 1. The van der Waals surface area contributed by atoms with E-state index in [2.05, 4.69) is 17.6 Å². The second-order valence-electron chi connectivity index (χ2n) is 7.85. The summed E-state index contributed by atoms with van der Waals surface area (Å²) in [6, 6.07) is 19.4. The van der Waals surface area contributed by atoms with E-state index in [9.17, 15) is 14.4 Å². The van der Waals surface area contributed by atoms with E-state index >= 15 is 0 Å². The van der Waals surface area contributed by atoms with Crippen LogP contribution in [0.4, 0.5) is 5.69 Å². The minimum Gasteiger partial charge on any atom is -0.497 e. The third-order valence-electron chi connectivity index (χ3n) is 5.19. The highest BCUT2D eigenvalue weighted by Crippen LogP contribution is 2.17. The molecule has 3 aromatic carbocycles. The van der Waals surface area contributed by atoms with E-state index in [0.717, 1.165) is 12.8 Å². The van der Waals surface area contributed by atoms with Gasteiger partial charge in [-0.05, 0) is 78.7 Å². The molecule has 0 aromatic heterocycles. The van der Waals surface area contributed by atoms with Crippen LogP contribution in [0.2, 0.25) is 0 Å². The molecule has 0 aliphatic rings. The lowest BCUT2D eigenvalue weighted by Gasteiger charge is -2.12. The Morgan fingerprint density at radius 2 is 1.47 bits per heavy atom. The van der Waals surface area contributed by atoms with E-state index in [1.807, 2.05) is 0 Å². The van der Waals surface area contributed by atoms with Gasteiger partial charge in [-0.15, -0.1) is 0 Å². The molecule has 0 aliphatic heterocycles. The van der Waals surface area contributed by atoms with Crippen molar-refractivity contribution in [2.24, 2.45) is 0 Å². The fourth-order valence-corrected chi connectivity index (χ4v) is 3.15. The summed E-state index contributed by atoms with van der Waals surface area (Å²) >= 11 is 0. The summed E-state index contributed by atoms with van der Waals surface area (Å²) in [6.07, 6.45) is 3.51. The SMILES string of the molecule is CCCCOc1ccc(C(=O)NC(=Cc2ccc(OC)cc2)C(=O)Nc2ccc(C(=O)O)cc2)cc1. The van der Waals surface area contributed by atoms with Crippen LogP contribution in [-0.2, 0) is 4.79 Å². The van der Waals surface area contributed by atoms with Crippen LogP contribution in [0.3, 0.4) is 0 Å². The molecule has 2 amide bonds. The molecular weight excluding hydrogens is 460 g/mol. The number of amides is 2. The lowest BCUT2D eigenvalue weighted by Crippen LogP contribution is -2.30. The molecule has 0 spiro atoms. The smallest absolute Gasteiger partial charge is 0.335 e. The lowest BCUT2D eigenvalue weighted by atomic mass is 10.1. The van der Waals surface area contributed by atoms with Gasteiger partial charge in [0.1, 0.15) is 17.2 Å². The normalized spacial score (nSPS) is 10.9. The first kappa shape index (κ1) is 26.0. The highest BCUT2D eigenvalue weighted by atomic mass is 16.5. The molecular formula is C28H28N2O6. The Bertz CT molecular complexity index is 1220. The fraction of sp³-hybridized carbons (Fsp3) is 0.179. The van der Waals surface area contributed by atoms with Gasteiger partial charge < -0.3 is 25.2 Å². The number of ether oxygens (including phenoxy) is 2. The summed E-state index contributed by atoms with van der Waals surface area (Å²) in [4.78, 5) is 37.1. The number of hydrogen-bond acceptors (Lipinski definition) is 5. The second-order valence-corrected chi connectivity index (χ2v) is 7.85. The molecule has 3 aromatic rings. The van der Waals surface area contributed by atoms with Crippen LogP contribution in [0, 0.1) is 0 Å². The van der Waals surface area contributed by atoms with Gasteiger partial charge >= 0.3 is 5.97 Å². The molecule has 0 saturated carbocycles. The Morgan fingerprint density at radius 3 is 2.06 bits per heavy atom. The predicted octanol–water partition coefficient (Wildman–Crippen LogP) is 4.98. The third-order valence-corrected chi connectivity index (χ3v) is 5.19. The molecule has 0 bridgehead atoms. The molecule has 0 heterocycles. The van der Waals surface area contributed by atoms with Crippen LogP contribution < -0.4 is 20.1 Å². The molecule has 0 atom stereocenters. The number of benzene rings is 3. The van der Waals surface area contributed by atoms with Crippen molar-refractivity contribution in [2.45, 2.75) is 19.8 Å². The maximum absolute atomic E-state index is 13.1. The molecule has 8 heteroatoms. The number of aromatic carboxylic acids is 1. The van der Waals surface area contributed by atoms with Crippen molar-refractivity contribution in [3.05, 3.63) is 95.2 Å². The third kappa shape index (κ3) is 7.46. The molecule has 3 N–H and O–H groups in total. The van der Waals surface area contributed by atoms with Gasteiger partial charge in [-0.1, -0.05) is 25.5 Å². The molecule has 186 valence electrons. The Hall–Kier alpha value is -4.59. The van der Waals surface area contributed by atoms with Crippen molar-refractivity contribution >= 4 is 29.5 Å². The number of rotatable bonds is 11. The first-order valence-corrected chi connectivity index (χ1v) is 11.4. The number of carboxylic acid groups (broad SMARTS) is 1. The first-order valence-electron chi connectivity index (χ1n) is 11.4. The summed E-state index contributed by atoms with van der Waals surface area (Å²) in [6.45, 7) is 2.68. The number of unbranched alkanes of at least 4 members (excludes halogenated alkanes) is 1. The highest BCUT2D eigenvalue weighted by molar-refractivity contribution is 6.10. The van der Waals surface area contributed by atoms with Gasteiger partial charge in [-0.2, -0.15) is 0 Å². The quantitative estimate of drug-likeness (QED) is 0.259. The molecule has 8 nitrogen and oxygen atoms in total. The van der Waals surface area contributed by atoms with Crippen molar-refractivity contribution in [3.8, 4) is 11.5 Å². The molecule has 0 aliphatic carbocycles. The second kappa shape index (κ2) is 12.8. The summed E-state index contributed by atoms with van der Waals surface area (Å²) in [5, 5.41) is 14.4. The van der Waals surface area contributed by atoms with Crippen LogP contribution in [0.15, 0.2) is 78.5 Å². The average Bonchev–Trinajstić information content (AvgIpc) is 2.89. The Morgan fingerprint density at radius 1 is 0.861 bits per heavy atom. The Kier molecular flexibility index (Phi) is 9.22. The van der Waals surface area contributed by atoms with Gasteiger partial charge in [0, 0.05) is 11.3 Å². The van der Waals surface area contributed by atoms with Gasteiger partial charge in [0.05, 0.1) is 19.3 Å². The number of nitrogens with one attached hydrogen (secondary N) is 2. The van der Waals surface area contributed by atoms with Crippen molar-refractivity contribution in [1.82, 2.24) is 5.32 Å². The van der Waals surface area contributed by atoms with Gasteiger partial charge in [0.15, 0.2) is 0 Å². The minimum atomic E-state index is -1.07. The summed E-state index contributed by atoms with van der Waals surface area (Å²) in [7, 11) is 1.56. The van der Waals surface area contributed by atoms with Crippen molar-refractivity contribution in [2.75, 3.05) is 19.0 Å².